The molecule has 1 aliphatic carbocycles. The second kappa shape index (κ2) is 6.68. The molecule has 2 heterocycles. The molecule has 0 amide bonds. The van der Waals surface area contributed by atoms with Crippen LogP contribution >= 0.6 is 0 Å². The van der Waals surface area contributed by atoms with Crippen LogP contribution in [0.2, 0.25) is 0 Å². The molecule has 1 saturated carbocycles. The van der Waals surface area contributed by atoms with E-state index in [0.717, 1.165) is 30.7 Å². The first-order valence-electron chi connectivity index (χ1n) is 7.92. The molecule has 0 spiro atoms. The quantitative estimate of drug-likeness (QED) is 0.828. The lowest BCUT2D eigenvalue weighted by Gasteiger charge is -2.35. The summed E-state index contributed by atoms with van der Waals surface area (Å²) in [4.78, 5) is 7.20. The van der Waals surface area contributed by atoms with E-state index in [2.05, 4.69) is 15.0 Å². The average Bonchev–Trinajstić information content (AvgIpc) is 3.17. The topological polar surface area (TPSA) is 51.4 Å². The third kappa shape index (κ3) is 3.20. The van der Waals surface area contributed by atoms with Crippen LogP contribution in [0, 0.1) is 0 Å². The Kier molecular flexibility index (Phi) is 4.68. The summed E-state index contributed by atoms with van der Waals surface area (Å²) in [6, 6.07) is 0.800. The molecule has 2 aliphatic rings. The van der Waals surface area contributed by atoms with Gasteiger partial charge in [0.2, 0.25) is 5.89 Å². The highest BCUT2D eigenvalue weighted by molar-refractivity contribution is 4.98. The number of hydrogen-bond donors (Lipinski definition) is 0. The van der Waals surface area contributed by atoms with E-state index in [4.69, 9.17) is 9.26 Å². The van der Waals surface area contributed by atoms with Crippen molar-refractivity contribution in [2.24, 2.45) is 0 Å². The summed E-state index contributed by atoms with van der Waals surface area (Å²) in [6.45, 7) is 2.99. The van der Waals surface area contributed by atoms with Gasteiger partial charge >= 0.3 is 0 Å². The lowest BCUT2D eigenvalue weighted by atomic mass is 9.96. The van der Waals surface area contributed by atoms with E-state index < -0.39 is 0 Å². The summed E-state index contributed by atoms with van der Waals surface area (Å²) < 4.78 is 10.5. The lowest BCUT2D eigenvalue weighted by Crippen LogP contribution is -2.40. The number of methoxy groups -OCH3 is 1. The Morgan fingerprint density at radius 3 is 2.90 bits per heavy atom. The average molecular weight is 279 g/mol. The zero-order chi connectivity index (χ0) is 13.8. The van der Waals surface area contributed by atoms with E-state index in [-0.39, 0.29) is 0 Å². The Labute approximate surface area is 120 Å². The summed E-state index contributed by atoms with van der Waals surface area (Å²) in [7, 11) is 1.70. The summed E-state index contributed by atoms with van der Waals surface area (Å²) in [5, 5.41) is 4.07. The fourth-order valence-electron chi connectivity index (χ4n) is 3.54. The van der Waals surface area contributed by atoms with Crippen LogP contribution < -0.4 is 0 Å². The van der Waals surface area contributed by atoms with Crippen molar-refractivity contribution in [3.05, 3.63) is 11.7 Å². The van der Waals surface area contributed by atoms with Crippen LogP contribution in [0.15, 0.2) is 4.52 Å². The van der Waals surface area contributed by atoms with Crippen molar-refractivity contribution in [2.45, 2.75) is 56.9 Å². The van der Waals surface area contributed by atoms with Gasteiger partial charge in [-0.1, -0.05) is 18.0 Å². The number of aromatic nitrogens is 2. The number of nitrogens with zero attached hydrogens (tertiary/aromatic N) is 3. The molecule has 1 aliphatic heterocycles. The van der Waals surface area contributed by atoms with Gasteiger partial charge in [-0.05, 0) is 32.2 Å². The van der Waals surface area contributed by atoms with Gasteiger partial charge in [0.1, 0.15) is 0 Å². The van der Waals surface area contributed by atoms with E-state index in [1.54, 1.807) is 7.11 Å². The van der Waals surface area contributed by atoms with Crippen molar-refractivity contribution in [1.29, 1.82) is 0 Å². The minimum Gasteiger partial charge on any atom is -0.384 e. The van der Waals surface area contributed by atoms with E-state index in [1.165, 1.54) is 45.1 Å². The van der Waals surface area contributed by atoms with Crippen LogP contribution in [0.1, 0.15) is 56.2 Å². The Morgan fingerprint density at radius 2 is 2.10 bits per heavy atom. The van der Waals surface area contributed by atoms with E-state index in [9.17, 15) is 0 Å². The van der Waals surface area contributed by atoms with Crippen LogP contribution in [0.3, 0.4) is 0 Å². The van der Waals surface area contributed by atoms with E-state index >= 15 is 0 Å². The highest BCUT2D eigenvalue weighted by Gasteiger charge is 2.30. The summed E-state index contributed by atoms with van der Waals surface area (Å²) in [5.74, 6) is 2.03. The van der Waals surface area contributed by atoms with Crippen LogP contribution in [0.25, 0.3) is 0 Å². The molecular formula is C15H25N3O2. The molecule has 1 aromatic heterocycles. The molecule has 0 bridgehead atoms. The summed E-state index contributed by atoms with van der Waals surface area (Å²) in [6.07, 6.45) is 8.69. The molecule has 1 unspecified atom stereocenters. The standard InChI is InChI=1S/C15H25N3O2/c1-19-10-8-14-16-15(20-17-14)12-5-4-9-18(11-12)13-6-2-3-7-13/h12-13H,2-11H2,1H3. The predicted octanol–water partition coefficient (Wildman–Crippen LogP) is 2.38. The largest absolute Gasteiger partial charge is 0.384 e. The second-order valence-corrected chi connectivity index (χ2v) is 6.06. The molecule has 5 heteroatoms. The highest BCUT2D eigenvalue weighted by Crippen LogP contribution is 2.31. The molecule has 0 aromatic carbocycles. The fraction of sp³-hybridized carbons (Fsp3) is 0.867. The zero-order valence-corrected chi connectivity index (χ0v) is 12.4. The lowest BCUT2D eigenvalue weighted by molar-refractivity contribution is 0.137. The molecule has 1 saturated heterocycles. The van der Waals surface area contributed by atoms with Crippen LogP contribution in [-0.4, -0.2) is 47.9 Å². The zero-order valence-electron chi connectivity index (χ0n) is 12.4. The smallest absolute Gasteiger partial charge is 0.231 e. The third-order valence-electron chi connectivity index (χ3n) is 4.66. The maximum absolute atomic E-state index is 5.47. The van der Waals surface area contributed by atoms with Crippen molar-refractivity contribution >= 4 is 0 Å². The van der Waals surface area contributed by atoms with Crippen molar-refractivity contribution in [3.8, 4) is 0 Å². The third-order valence-corrected chi connectivity index (χ3v) is 4.66. The number of ether oxygens (including phenoxy) is 1. The first kappa shape index (κ1) is 14.0. The van der Waals surface area contributed by atoms with Gasteiger partial charge in [0.15, 0.2) is 5.82 Å². The van der Waals surface area contributed by atoms with Crippen LogP contribution in [0.4, 0.5) is 0 Å². The van der Waals surface area contributed by atoms with Gasteiger partial charge in [0.25, 0.3) is 0 Å². The van der Waals surface area contributed by atoms with Crippen molar-refractivity contribution in [3.63, 3.8) is 0 Å². The van der Waals surface area contributed by atoms with Gasteiger partial charge < -0.3 is 9.26 Å². The minimum absolute atomic E-state index is 0.424. The molecule has 1 aromatic rings. The Morgan fingerprint density at radius 1 is 1.25 bits per heavy atom. The predicted molar refractivity (Wildman–Crippen MR) is 75.7 cm³/mol. The monoisotopic (exact) mass is 279 g/mol. The number of piperidine rings is 1. The molecular weight excluding hydrogens is 254 g/mol. The maximum atomic E-state index is 5.47. The van der Waals surface area contributed by atoms with Gasteiger partial charge in [-0.25, -0.2) is 0 Å². The minimum atomic E-state index is 0.424. The normalized spacial score (nSPS) is 25.4. The van der Waals surface area contributed by atoms with Gasteiger partial charge in [-0.3, -0.25) is 4.90 Å². The molecule has 0 N–H and O–H groups in total. The van der Waals surface area contributed by atoms with Crippen LogP contribution in [0.5, 0.6) is 0 Å². The molecule has 20 heavy (non-hydrogen) atoms. The fourth-order valence-corrected chi connectivity index (χ4v) is 3.54. The Hall–Kier alpha value is -0.940. The summed E-state index contributed by atoms with van der Waals surface area (Å²) >= 11 is 0. The van der Waals surface area contributed by atoms with Crippen molar-refractivity contribution in [1.82, 2.24) is 15.0 Å². The van der Waals surface area contributed by atoms with Gasteiger partial charge in [-0.15, -0.1) is 0 Å². The molecule has 112 valence electrons. The first-order valence-corrected chi connectivity index (χ1v) is 7.92. The molecule has 2 fully saturated rings. The Bertz CT molecular complexity index is 415. The molecule has 3 rings (SSSR count). The van der Waals surface area contributed by atoms with Gasteiger partial charge in [0, 0.05) is 26.1 Å². The van der Waals surface area contributed by atoms with E-state index in [1.807, 2.05) is 0 Å². The molecule has 0 radical (unpaired) electrons. The number of hydrogen-bond acceptors (Lipinski definition) is 5. The first-order chi connectivity index (χ1) is 9.86. The second-order valence-electron chi connectivity index (χ2n) is 6.06. The van der Waals surface area contributed by atoms with Gasteiger partial charge in [0.05, 0.1) is 12.5 Å². The molecule has 5 nitrogen and oxygen atoms in total. The van der Waals surface area contributed by atoms with E-state index in [0.29, 0.717) is 12.5 Å². The van der Waals surface area contributed by atoms with Crippen molar-refractivity contribution < 1.29 is 9.26 Å². The number of likely N-dealkylation sites (tertiary alicyclic amines) is 1. The maximum Gasteiger partial charge on any atom is 0.231 e. The highest BCUT2D eigenvalue weighted by atomic mass is 16.5. The van der Waals surface area contributed by atoms with Gasteiger partial charge in [-0.2, -0.15) is 4.98 Å². The SMILES string of the molecule is COCCc1noc(C2CCCN(C3CCCC3)C2)n1. The molecule has 1 atom stereocenters. The van der Waals surface area contributed by atoms with Crippen molar-refractivity contribution in [2.75, 3.05) is 26.8 Å². The summed E-state index contributed by atoms with van der Waals surface area (Å²) in [5.41, 5.74) is 0. The van der Waals surface area contributed by atoms with Crippen LogP contribution in [-0.2, 0) is 11.2 Å². The number of rotatable bonds is 5. The Balaban J connectivity index is 1.59.